The van der Waals surface area contributed by atoms with Crippen LogP contribution in [-0.2, 0) is 6.42 Å². The van der Waals surface area contributed by atoms with Gasteiger partial charge in [0.25, 0.3) is 0 Å². The number of halogens is 2. The monoisotopic (exact) mass is 421 g/mol. The number of methoxy groups -OCH3 is 1. The van der Waals surface area contributed by atoms with Gasteiger partial charge in [0.1, 0.15) is 5.75 Å². The summed E-state index contributed by atoms with van der Waals surface area (Å²) in [5, 5.41) is 6.50. The molecule has 1 aromatic carbocycles. The van der Waals surface area contributed by atoms with Gasteiger partial charge < -0.3 is 10.1 Å². The zero-order valence-electron chi connectivity index (χ0n) is 11.5. The Morgan fingerprint density at radius 2 is 2.20 bits per heavy atom. The van der Waals surface area contributed by atoms with Gasteiger partial charge in [0.15, 0.2) is 0 Å². The van der Waals surface area contributed by atoms with E-state index in [9.17, 15) is 0 Å². The highest BCUT2D eigenvalue weighted by Gasteiger charge is 2.15. The molecule has 1 heterocycles. The third-order valence-electron chi connectivity index (χ3n) is 3.11. The van der Waals surface area contributed by atoms with Gasteiger partial charge in [-0.15, -0.1) is 11.3 Å². The third-order valence-corrected chi connectivity index (χ3v) is 5.15. The van der Waals surface area contributed by atoms with Crippen molar-refractivity contribution in [3.63, 3.8) is 0 Å². The maximum Gasteiger partial charge on any atom is 0.122 e. The highest BCUT2D eigenvalue weighted by molar-refractivity contribution is 14.1. The summed E-state index contributed by atoms with van der Waals surface area (Å²) in [6.45, 7) is 3.06. The first-order chi connectivity index (χ1) is 9.63. The average Bonchev–Trinajstić information content (AvgIpc) is 2.85. The summed E-state index contributed by atoms with van der Waals surface area (Å²) in [4.78, 5) is 0. The number of likely N-dealkylation sites (N-methyl/N-ethyl adjacent to an activating group) is 1. The Kier molecular flexibility index (Phi) is 6.14. The van der Waals surface area contributed by atoms with Crippen molar-refractivity contribution in [1.82, 2.24) is 5.32 Å². The van der Waals surface area contributed by atoms with Crippen LogP contribution in [0.25, 0.3) is 0 Å². The van der Waals surface area contributed by atoms with E-state index < -0.39 is 0 Å². The lowest BCUT2D eigenvalue weighted by atomic mass is 10.0. The molecule has 1 unspecified atom stereocenters. The van der Waals surface area contributed by atoms with Crippen molar-refractivity contribution in [3.05, 3.63) is 48.7 Å². The van der Waals surface area contributed by atoms with E-state index in [0.29, 0.717) is 0 Å². The molecule has 108 valence electrons. The molecule has 0 aliphatic heterocycles. The number of hydrogen-bond acceptors (Lipinski definition) is 3. The highest BCUT2D eigenvalue weighted by atomic mass is 127. The summed E-state index contributed by atoms with van der Waals surface area (Å²) in [6, 6.07) is 8.29. The van der Waals surface area contributed by atoms with E-state index in [2.05, 4.69) is 46.3 Å². The van der Waals surface area contributed by atoms with E-state index in [1.165, 1.54) is 8.45 Å². The first kappa shape index (κ1) is 16.1. The summed E-state index contributed by atoms with van der Waals surface area (Å²) >= 11 is 10.2. The molecule has 20 heavy (non-hydrogen) atoms. The van der Waals surface area contributed by atoms with Crippen molar-refractivity contribution >= 4 is 45.5 Å². The second-order valence-electron chi connectivity index (χ2n) is 4.45. The molecule has 0 saturated carbocycles. The van der Waals surface area contributed by atoms with Crippen LogP contribution in [0.5, 0.6) is 5.75 Å². The van der Waals surface area contributed by atoms with Crippen LogP contribution in [0.3, 0.4) is 0 Å². The lowest BCUT2D eigenvalue weighted by molar-refractivity contribution is 0.405. The van der Waals surface area contributed by atoms with Crippen molar-refractivity contribution in [2.24, 2.45) is 0 Å². The van der Waals surface area contributed by atoms with E-state index in [1.807, 2.05) is 18.2 Å². The van der Waals surface area contributed by atoms with Crippen molar-refractivity contribution in [1.29, 1.82) is 0 Å². The molecule has 2 aromatic rings. The van der Waals surface area contributed by atoms with E-state index >= 15 is 0 Å². The van der Waals surface area contributed by atoms with E-state index in [1.54, 1.807) is 18.4 Å². The maximum atomic E-state index is 6.11. The van der Waals surface area contributed by atoms with E-state index in [4.69, 9.17) is 16.3 Å². The topological polar surface area (TPSA) is 21.3 Å². The molecule has 1 N–H and O–H groups in total. The van der Waals surface area contributed by atoms with E-state index in [-0.39, 0.29) is 6.04 Å². The minimum absolute atomic E-state index is 0.284. The fourth-order valence-corrected chi connectivity index (χ4v) is 3.81. The Labute approximate surface area is 142 Å². The molecule has 1 aromatic heterocycles. The Balaban J connectivity index is 2.26. The molecule has 0 fully saturated rings. The van der Waals surface area contributed by atoms with Crippen LogP contribution in [-0.4, -0.2) is 13.7 Å². The summed E-state index contributed by atoms with van der Waals surface area (Å²) in [6.07, 6.45) is 0.865. The van der Waals surface area contributed by atoms with Crippen molar-refractivity contribution in [3.8, 4) is 5.75 Å². The van der Waals surface area contributed by atoms with Crippen LogP contribution in [0.4, 0.5) is 0 Å². The fourth-order valence-electron chi connectivity index (χ4n) is 2.19. The van der Waals surface area contributed by atoms with Gasteiger partial charge in [-0.2, -0.15) is 0 Å². The largest absolute Gasteiger partial charge is 0.496 e. The third kappa shape index (κ3) is 4.10. The zero-order valence-corrected chi connectivity index (χ0v) is 15.2. The smallest absolute Gasteiger partial charge is 0.122 e. The molecule has 0 aliphatic carbocycles. The SMILES string of the molecule is CCNC(Cc1cc(Cl)ccc1OC)c1csc(I)c1. The fraction of sp³-hybridized carbons (Fsp3) is 0.333. The first-order valence-electron chi connectivity index (χ1n) is 6.43. The second-order valence-corrected chi connectivity index (χ2v) is 7.70. The van der Waals surface area contributed by atoms with Gasteiger partial charge in [-0.3, -0.25) is 0 Å². The molecule has 2 nitrogen and oxygen atoms in total. The molecule has 2 rings (SSSR count). The predicted octanol–water partition coefficient (Wildman–Crippen LogP) is 4.91. The van der Waals surface area contributed by atoms with Gasteiger partial charge in [-0.05, 0) is 76.3 Å². The van der Waals surface area contributed by atoms with Crippen LogP contribution in [0.1, 0.15) is 24.1 Å². The standard InChI is InChI=1S/C15H17ClINOS/c1-3-18-13(11-8-15(17)20-9-11)7-10-6-12(16)4-5-14(10)19-2/h4-6,8-9,13,18H,3,7H2,1-2H3. The van der Waals surface area contributed by atoms with Gasteiger partial charge in [-0.1, -0.05) is 18.5 Å². The Morgan fingerprint density at radius 3 is 2.80 bits per heavy atom. The molecule has 1 atom stereocenters. The first-order valence-corrected chi connectivity index (χ1v) is 8.77. The molecular formula is C15H17ClINOS. The minimum atomic E-state index is 0.284. The van der Waals surface area contributed by atoms with Crippen LogP contribution in [0.2, 0.25) is 5.02 Å². The maximum absolute atomic E-state index is 6.11. The minimum Gasteiger partial charge on any atom is -0.496 e. The van der Waals surface area contributed by atoms with Crippen LogP contribution in [0.15, 0.2) is 29.6 Å². The lowest BCUT2D eigenvalue weighted by Crippen LogP contribution is -2.22. The van der Waals surface area contributed by atoms with Crippen molar-refractivity contribution in [2.45, 2.75) is 19.4 Å². The molecule has 5 heteroatoms. The Morgan fingerprint density at radius 1 is 1.40 bits per heavy atom. The molecular weight excluding hydrogens is 405 g/mol. The summed E-state index contributed by atoms with van der Waals surface area (Å²) in [5.74, 6) is 0.891. The number of nitrogens with one attached hydrogen (secondary N) is 1. The normalized spacial score (nSPS) is 12.4. The average molecular weight is 422 g/mol. The number of ether oxygens (including phenoxy) is 1. The van der Waals surface area contributed by atoms with Gasteiger partial charge in [0.05, 0.1) is 9.99 Å². The van der Waals surface area contributed by atoms with E-state index in [0.717, 1.165) is 29.3 Å². The molecule has 0 radical (unpaired) electrons. The summed E-state index contributed by atoms with van der Waals surface area (Å²) in [7, 11) is 1.70. The van der Waals surface area contributed by atoms with Gasteiger partial charge in [-0.25, -0.2) is 0 Å². The number of hydrogen-bond donors (Lipinski definition) is 1. The Hall–Kier alpha value is -0.300. The second kappa shape index (κ2) is 7.64. The van der Waals surface area contributed by atoms with Gasteiger partial charge in [0, 0.05) is 11.1 Å². The van der Waals surface area contributed by atoms with Crippen LogP contribution in [0, 0.1) is 2.88 Å². The van der Waals surface area contributed by atoms with Crippen molar-refractivity contribution in [2.75, 3.05) is 13.7 Å². The van der Waals surface area contributed by atoms with Gasteiger partial charge in [0.2, 0.25) is 0 Å². The van der Waals surface area contributed by atoms with Crippen molar-refractivity contribution < 1.29 is 4.74 Å². The predicted molar refractivity (Wildman–Crippen MR) is 95.2 cm³/mol. The zero-order chi connectivity index (χ0) is 14.5. The number of thiophene rings is 1. The lowest BCUT2D eigenvalue weighted by Gasteiger charge is -2.18. The summed E-state index contributed by atoms with van der Waals surface area (Å²) < 4.78 is 6.74. The van der Waals surface area contributed by atoms with Gasteiger partial charge >= 0.3 is 0 Å². The molecule has 0 spiro atoms. The quantitative estimate of drug-likeness (QED) is 0.669. The highest BCUT2D eigenvalue weighted by Crippen LogP contribution is 2.30. The molecule has 0 saturated heterocycles. The Bertz CT molecular complexity index is 573. The van der Waals surface area contributed by atoms with Crippen LogP contribution >= 0.6 is 45.5 Å². The molecule has 0 bridgehead atoms. The summed E-state index contributed by atoms with van der Waals surface area (Å²) in [5.41, 5.74) is 2.45. The number of rotatable bonds is 6. The molecule has 0 aliphatic rings. The number of benzene rings is 1. The molecule has 0 amide bonds. The van der Waals surface area contributed by atoms with Crippen LogP contribution < -0.4 is 10.1 Å².